The highest BCUT2D eigenvalue weighted by atomic mass is 16.1. The molecule has 164 valence electrons. The lowest BCUT2D eigenvalue weighted by Gasteiger charge is -2.19. The number of carbonyl (C=O) groups excluding carboxylic acids is 1. The predicted molar refractivity (Wildman–Crippen MR) is 123 cm³/mol. The number of unbranched alkanes of at least 4 members (excludes halogenated alkanes) is 8. The molecule has 0 saturated heterocycles. The van der Waals surface area contributed by atoms with E-state index in [2.05, 4.69) is 31.3 Å². The maximum Gasteiger partial charge on any atom is 0.226 e. The molecule has 0 saturated carbocycles. The molecule has 0 radical (unpaired) electrons. The normalized spacial score (nSPS) is 14.3. The second-order valence-corrected chi connectivity index (χ2v) is 8.02. The van der Waals surface area contributed by atoms with Gasteiger partial charge in [0.1, 0.15) is 0 Å². The molecule has 0 heterocycles. The van der Waals surface area contributed by atoms with Crippen LogP contribution in [-0.2, 0) is 4.79 Å². The van der Waals surface area contributed by atoms with Crippen LogP contribution in [0.25, 0.3) is 0 Å². The number of hydrogen-bond donors (Lipinski definition) is 2. The third-order valence-electron chi connectivity index (χ3n) is 5.01. The molecule has 1 amide bonds. The minimum atomic E-state index is -2.40. The van der Waals surface area contributed by atoms with Gasteiger partial charge in [-0.15, -0.1) is 0 Å². The van der Waals surface area contributed by atoms with E-state index in [1.54, 1.807) is 0 Å². The Morgan fingerprint density at radius 1 is 1.04 bits per heavy atom. The van der Waals surface area contributed by atoms with Crippen LogP contribution in [0, 0.1) is 11.3 Å². The molecule has 0 aliphatic heterocycles. The molecule has 0 aliphatic rings. The van der Waals surface area contributed by atoms with Gasteiger partial charge < -0.3 is 4.90 Å². The molecule has 0 aromatic heterocycles. The Kier molecular flexibility index (Phi) is 14.5. The fraction of sp³-hybridized carbons (Fsp3) is 0.833. The van der Waals surface area contributed by atoms with E-state index >= 15 is 0 Å². The van der Waals surface area contributed by atoms with Crippen molar-refractivity contribution in [3.05, 3.63) is 12.2 Å². The Balaban J connectivity index is 3.73. The van der Waals surface area contributed by atoms with Crippen molar-refractivity contribution in [3.8, 4) is 0 Å². The van der Waals surface area contributed by atoms with Crippen molar-refractivity contribution < 1.29 is 8.91 Å². The number of nitrogens with one attached hydrogen (secondary N) is 2. The molecule has 2 N–H and O–H groups in total. The average Bonchev–Trinajstić information content (AvgIpc) is 2.69. The third-order valence-corrected chi connectivity index (χ3v) is 5.01. The standard InChI is InChI=1S/C24H47N3O/c1-5-7-8-15-18-22(3)19-16-13-11-9-10-12-14-17-20-23(28)26-24(25)27(4)21-6-2/h13,16,22H,5-12,14-15,17-21H2,1-4H3,(H2,25,26,28)/b16-13-/i4D3. The molecule has 4 nitrogen and oxygen atoms in total. The molecule has 1 atom stereocenters. The maximum atomic E-state index is 12.0. The first-order valence-electron chi connectivity index (χ1n) is 13.0. The summed E-state index contributed by atoms with van der Waals surface area (Å²) in [6.45, 7) is 4.27. The van der Waals surface area contributed by atoms with Gasteiger partial charge in [-0.2, -0.15) is 0 Å². The SMILES string of the molecule is [2H]C([2H])([2H])N(CCC)C(=N)NC(=O)CCCCCCC/C=C\CC(C)CCCCCC. The molecule has 0 bridgehead atoms. The minimum absolute atomic E-state index is 0.224. The summed E-state index contributed by atoms with van der Waals surface area (Å²) in [7, 11) is 0. The summed E-state index contributed by atoms with van der Waals surface area (Å²) >= 11 is 0. The van der Waals surface area contributed by atoms with E-state index in [1.165, 1.54) is 44.9 Å². The van der Waals surface area contributed by atoms with E-state index < -0.39 is 6.98 Å². The maximum absolute atomic E-state index is 12.0. The van der Waals surface area contributed by atoms with Crippen LogP contribution in [0.4, 0.5) is 0 Å². The average molecular weight is 397 g/mol. The zero-order valence-corrected chi connectivity index (χ0v) is 18.7. The topological polar surface area (TPSA) is 56.2 Å². The zero-order chi connectivity index (χ0) is 23.5. The highest BCUT2D eigenvalue weighted by Crippen LogP contribution is 2.15. The van der Waals surface area contributed by atoms with Crippen molar-refractivity contribution in [1.29, 1.82) is 5.41 Å². The van der Waals surface area contributed by atoms with Crippen LogP contribution in [0.5, 0.6) is 0 Å². The Labute approximate surface area is 179 Å². The van der Waals surface area contributed by atoms with E-state index in [-0.39, 0.29) is 18.4 Å². The van der Waals surface area contributed by atoms with Gasteiger partial charge in [-0.25, -0.2) is 0 Å². The molecular formula is C24H47N3O. The van der Waals surface area contributed by atoms with Gasteiger partial charge >= 0.3 is 0 Å². The van der Waals surface area contributed by atoms with E-state index in [4.69, 9.17) is 9.52 Å². The molecule has 1 unspecified atom stereocenters. The summed E-state index contributed by atoms with van der Waals surface area (Å²) in [6.07, 6.45) is 19.8. The second-order valence-electron chi connectivity index (χ2n) is 8.02. The van der Waals surface area contributed by atoms with Crippen molar-refractivity contribution in [2.45, 2.75) is 111 Å². The van der Waals surface area contributed by atoms with Crippen LogP contribution < -0.4 is 5.32 Å². The lowest BCUT2D eigenvalue weighted by atomic mass is 9.99. The molecule has 4 heteroatoms. The van der Waals surface area contributed by atoms with Gasteiger partial charge in [0.05, 0.1) is 0 Å². The largest absolute Gasteiger partial charge is 0.346 e. The van der Waals surface area contributed by atoms with Gasteiger partial charge in [0.2, 0.25) is 5.91 Å². The first-order valence-corrected chi connectivity index (χ1v) is 11.5. The fourth-order valence-corrected chi connectivity index (χ4v) is 3.16. The van der Waals surface area contributed by atoms with Gasteiger partial charge in [-0.05, 0) is 38.0 Å². The van der Waals surface area contributed by atoms with Crippen molar-refractivity contribution in [1.82, 2.24) is 10.2 Å². The number of rotatable bonds is 17. The summed E-state index contributed by atoms with van der Waals surface area (Å²) in [4.78, 5) is 12.9. The van der Waals surface area contributed by atoms with Crippen LogP contribution in [0.2, 0.25) is 0 Å². The molecule has 0 fully saturated rings. The number of guanidine groups is 1. The van der Waals surface area contributed by atoms with Crippen molar-refractivity contribution >= 4 is 11.9 Å². The van der Waals surface area contributed by atoms with Crippen molar-refractivity contribution in [3.63, 3.8) is 0 Å². The first kappa shape index (κ1) is 21.4. The Morgan fingerprint density at radius 3 is 2.46 bits per heavy atom. The number of allylic oxidation sites excluding steroid dienone is 2. The van der Waals surface area contributed by atoms with Gasteiger partial charge in [0.25, 0.3) is 0 Å². The van der Waals surface area contributed by atoms with Crippen LogP contribution in [-0.4, -0.2) is 30.3 Å². The number of carbonyl (C=O) groups is 1. The fourth-order valence-electron chi connectivity index (χ4n) is 3.16. The van der Waals surface area contributed by atoms with Crippen LogP contribution in [0.1, 0.15) is 115 Å². The van der Waals surface area contributed by atoms with Gasteiger partial charge in [0.15, 0.2) is 5.96 Å². The predicted octanol–water partition coefficient (Wildman–Crippen LogP) is 6.66. The van der Waals surface area contributed by atoms with E-state index in [0.29, 0.717) is 12.8 Å². The summed E-state index contributed by atoms with van der Waals surface area (Å²) in [5.74, 6) is 0.186. The quantitative estimate of drug-likeness (QED) is 0.125. The lowest BCUT2D eigenvalue weighted by Crippen LogP contribution is -2.41. The smallest absolute Gasteiger partial charge is 0.226 e. The van der Waals surface area contributed by atoms with E-state index in [1.807, 2.05) is 6.92 Å². The van der Waals surface area contributed by atoms with Gasteiger partial charge in [-0.3, -0.25) is 15.5 Å². The third kappa shape index (κ3) is 16.8. The number of amides is 1. The zero-order valence-electron chi connectivity index (χ0n) is 21.7. The van der Waals surface area contributed by atoms with Crippen LogP contribution >= 0.6 is 0 Å². The minimum Gasteiger partial charge on any atom is -0.346 e. The molecular weight excluding hydrogens is 346 g/mol. The Morgan fingerprint density at radius 2 is 1.75 bits per heavy atom. The van der Waals surface area contributed by atoms with E-state index in [9.17, 15) is 4.79 Å². The van der Waals surface area contributed by atoms with Crippen molar-refractivity contribution in [2.24, 2.45) is 5.92 Å². The molecule has 0 rings (SSSR count). The number of nitrogens with zero attached hydrogens (tertiary/aromatic N) is 1. The summed E-state index contributed by atoms with van der Waals surface area (Å²) in [6, 6.07) is 0. The van der Waals surface area contributed by atoms with Gasteiger partial charge in [-0.1, -0.05) is 84.3 Å². The molecule has 0 aromatic carbocycles. The highest BCUT2D eigenvalue weighted by Gasteiger charge is 2.07. The van der Waals surface area contributed by atoms with Gasteiger partial charge in [0, 0.05) is 24.1 Å². The summed E-state index contributed by atoms with van der Waals surface area (Å²) < 4.78 is 22.4. The monoisotopic (exact) mass is 396 g/mol. The second kappa shape index (κ2) is 19.0. The van der Waals surface area contributed by atoms with Crippen molar-refractivity contribution in [2.75, 3.05) is 13.5 Å². The summed E-state index contributed by atoms with van der Waals surface area (Å²) in [5, 5.41) is 10.3. The highest BCUT2D eigenvalue weighted by molar-refractivity contribution is 5.95. The molecule has 0 aromatic rings. The first-order chi connectivity index (χ1) is 14.7. The molecule has 0 spiro atoms. The lowest BCUT2D eigenvalue weighted by molar-refractivity contribution is -0.120. The van der Waals surface area contributed by atoms with Crippen LogP contribution in [0.3, 0.4) is 0 Å². The number of hydrogen-bond acceptors (Lipinski definition) is 2. The molecule has 28 heavy (non-hydrogen) atoms. The summed E-state index contributed by atoms with van der Waals surface area (Å²) in [5.41, 5.74) is 0. The Hall–Kier alpha value is -1.32. The Bertz CT molecular complexity index is 507. The molecule has 0 aliphatic carbocycles. The van der Waals surface area contributed by atoms with Crippen LogP contribution in [0.15, 0.2) is 12.2 Å². The van der Waals surface area contributed by atoms with E-state index in [0.717, 1.165) is 42.9 Å².